The number of ether oxygens (including phenoxy) is 2. The third kappa shape index (κ3) is 46.4. The highest BCUT2D eigenvalue weighted by Crippen LogP contribution is 2.43. The summed E-state index contributed by atoms with van der Waals surface area (Å²) in [4.78, 5) is 22.5. The van der Waals surface area contributed by atoms with Crippen LogP contribution in [-0.4, -0.2) is 49.9 Å². The smallest absolute Gasteiger partial charge is 0.457 e. The number of unbranched alkanes of at least 4 members (excludes halogenated alkanes) is 36. The van der Waals surface area contributed by atoms with Crippen molar-refractivity contribution in [1.82, 2.24) is 0 Å². The quantitative estimate of drug-likeness (QED) is 0.0354. The van der Waals surface area contributed by atoms with Gasteiger partial charge in [-0.1, -0.05) is 245 Å². The molecule has 0 bridgehead atoms. The van der Waals surface area contributed by atoms with Gasteiger partial charge in [0.2, 0.25) is 0 Å². The second kappa shape index (κ2) is 46.6. The molecular formula is C48H98NO7P. The van der Waals surface area contributed by atoms with Gasteiger partial charge in [-0.05, 0) is 12.8 Å². The number of phosphoric ester groups is 1. The fraction of sp³-hybridized carbons (Fsp3) is 0.979. The standard InChI is InChI=1S/C48H98NO7P/c1-3-5-7-9-11-13-15-17-19-20-21-22-23-24-25-26-27-28-29-31-33-35-37-39-41-48(50)56-47(46-55-57(51,52)54-44-42-49)45-53-43-40-38-36-34-32-30-18-16-14-12-10-8-6-4-2/h47H,3-46,49H2,1-2H3,(H,51,52). The molecule has 8 nitrogen and oxygen atoms in total. The van der Waals surface area contributed by atoms with Gasteiger partial charge in [0.05, 0.1) is 19.8 Å². The highest BCUT2D eigenvalue weighted by Gasteiger charge is 2.25. The summed E-state index contributed by atoms with van der Waals surface area (Å²) in [5, 5.41) is 0. The van der Waals surface area contributed by atoms with Crippen molar-refractivity contribution in [2.45, 2.75) is 270 Å². The monoisotopic (exact) mass is 832 g/mol. The first-order chi connectivity index (χ1) is 27.9. The van der Waals surface area contributed by atoms with Gasteiger partial charge in [0.1, 0.15) is 6.10 Å². The van der Waals surface area contributed by atoms with Gasteiger partial charge >= 0.3 is 13.8 Å². The first-order valence-corrected chi connectivity index (χ1v) is 26.5. The molecule has 0 heterocycles. The lowest BCUT2D eigenvalue weighted by atomic mass is 10.0. The number of carbonyl (C=O) groups excluding carboxylic acids is 1. The molecular weight excluding hydrogens is 734 g/mol. The Morgan fingerprint density at radius 3 is 1.11 bits per heavy atom. The average Bonchev–Trinajstić information content (AvgIpc) is 3.20. The van der Waals surface area contributed by atoms with Gasteiger partial charge in [-0.2, -0.15) is 0 Å². The lowest BCUT2D eigenvalue weighted by molar-refractivity contribution is -0.154. The predicted octanol–water partition coefficient (Wildman–Crippen LogP) is 15.3. The van der Waals surface area contributed by atoms with Crippen LogP contribution in [0.3, 0.4) is 0 Å². The Hall–Kier alpha value is -0.500. The molecule has 2 atom stereocenters. The number of rotatable bonds is 49. The minimum Gasteiger partial charge on any atom is -0.457 e. The topological polar surface area (TPSA) is 117 Å². The van der Waals surface area contributed by atoms with E-state index in [1.165, 1.54) is 212 Å². The minimum absolute atomic E-state index is 0.0899. The van der Waals surface area contributed by atoms with E-state index in [4.69, 9.17) is 24.3 Å². The van der Waals surface area contributed by atoms with Crippen LogP contribution >= 0.6 is 7.82 Å². The van der Waals surface area contributed by atoms with E-state index in [1.807, 2.05) is 0 Å². The Morgan fingerprint density at radius 1 is 0.456 bits per heavy atom. The van der Waals surface area contributed by atoms with Gasteiger partial charge in [-0.25, -0.2) is 4.57 Å². The third-order valence-corrected chi connectivity index (χ3v) is 12.3. The first kappa shape index (κ1) is 56.5. The summed E-state index contributed by atoms with van der Waals surface area (Å²) in [6, 6.07) is 0. The predicted molar refractivity (Wildman–Crippen MR) is 243 cm³/mol. The maximum atomic E-state index is 12.6. The van der Waals surface area contributed by atoms with Gasteiger partial charge < -0.3 is 20.1 Å². The highest BCUT2D eigenvalue weighted by atomic mass is 31.2. The molecule has 0 aromatic heterocycles. The maximum Gasteiger partial charge on any atom is 0.472 e. The zero-order valence-corrected chi connectivity index (χ0v) is 39.0. The van der Waals surface area contributed by atoms with E-state index in [2.05, 4.69) is 13.8 Å². The average molecular weight is 832 g/mol. The van der Waals surface area contributed by atoms with Crippen LogP contribution in [0.2, 0.25) is 0 Å². The molecule has 0 spiro atoms. The van der Waals surface area contributed by atoms with Crippen molar-refractivity contribution in [2.24, 2.45) is 5.73 Å². The van der Waals surface area contributed by atoms with Crippen molar-refractivity contribution in [1.29, 1.82) is 0 Å². The molecule has 9 heteroatoms. The first-order valence-electron chi connectivity index (χ1n) is 25.0. The molecule has 0 amide bonds. The number of hydrogen-bond acceptors (Lipinski definition) is 7. The summed E-state index contributed by atoms with van der Waals surface area (Å²) in [5.74, 6) is -0.321. The molecule has 342 valence electrons. The molecule has 0 saturated carbocycles. The normalized spacial score (nSPS) is 13.3. The van der Waals surface area contributed by atoms with Gasteiger partial charge in [0.25, 0.3) is 0 Å². The summed E-state index contributed by atoms with van der Waals surface area (Å²) < 4.78 is 33.5. The zero-order valence-electron chi connectivity index (χ0n) is 38.1. The molecule has 0 radical (unpaired) electrons. The molecule has 0 fully saturated rings. The number of hydrogen-bond donors (Lipinski definition) is 2. The SMILES string of the molecule is CCCCCCCCCCCCCCCCCCCCCCCCCCC(=O)OC(COCCCCCCCCCCCCCCCC)COP(=O)(O)OCCN. The Morgan fingerprint density at radius 2 is 0.772 bits per heavy atom. The van der Waals surface area contributed by atoms with Gasteiger partial charge in [-0.15, -0.1) is 0 Å². The minimum atomic E-state index is -4.27. The number of phosphoric acid groups is 1. The number of esters is 1. The van der Waals surface area contributed by atoms with E-state index < -0.39 is 13.9 Å². The van der Waals surface area contributed by atoms with Crippen LogP contribution in [-0.2, 0) is 27.9 Å². The van der Waals surface area contributed by atoms with Crippen molar-refractivity contribution < 1.29 is 32.8 Å². The van der Waals surface area contributed by atoms with Crippen LogP contribution in [0, 0.1) is 0 Å². The fourth-order valence-electron chi connectivity index (χ4n) is 7.59. The highest BCUT2D eigenvalue weighted by molar-refractivity contribution is 7.47. The van der Waals surface area contributed by atoms with Gasteiger partial charge in [0, 0.05) is 19.6 Å². The summed E-state index contributed by atoms with van der Waals surface area (Å²) in [5.41, 5.74) is 5.38. The lowest BCUT2D eigenvalue weighted by Gasteiger charge is -2.20. The van der Waals surface area contributed by atoms with Crippen LogP contribution in [0.4, 0.5) is 0 Å². The zero-order chi connectivity index (χ0) is 41.6. The Bertz CT molecular complexity index is 848. The summed E-state index contributed by atoms with van der Waals surface area (Å²) in [7, 11) is -4.27. The van der Waals surface area contributed by atoms with Gasteiger partial charge in [-0.3, -0.25) is 13.8 Å². The molecule has 0 rings (SSSR count). The maximum absolute atomic E-state index is 12.6. The molecule has 0 saturated heterocycles. The molecule has 2 unspecified atom stereocenters. The van der Waals surface area contributed by atoms with Crippen molar-refractivity contribution in [3.05, 3.63) is 0 Å². The summed E-state index contributed by atoms with van der Waals surface area (Å²) in [6.07, 6.45) is 49.9. The number of nitrogens with two attached hydrogens (primary N) is 1. The van der Waals surface area contributed by atoms with E-state index in [9.17, 15) is 14.3 Å². The van der Waals surface area contributed by atoms with Crippen molar-refractivity contribution in [3.63, 3.8) is 0 Å². The summed E-state index contributed by atoms with van der Waals surface area (Å²) >= 11 is 0. The number of carbonyl (C=O) groups is 1. The van der Waals surface area contributed by atoms with Crippen LogP contribution in [0.15, 0.2) is 0 Å². The molecule has 3 N–H and O–H groups in total. The van der Waals surface area contributed by atoms with E-state index >= 15 is 0 Å². The Labute approximate surface area is 354 Å². The molecule has 0 aliphatic heterocycles. The molecule has 57 heavy (non-hydrogen) atoms. The molecule has 0 aromatic rings. The second-order valence-electron chi connectivity index (χ2n) is 17.1. The van der Waals surface area contributed by atoms with E-state index in [1.54, 1.807) is 0 Å². The third-order valence-electron chi connectivity index (χ3n) is 11.3. The van der Waals surface area contributed by atoms with Crippen molar-refractivity contribution in [3.8, 4) is 0 Å². The van der Waals surface area contributed by atoms with Crippen molar-refractivity contribution in [2.75, 3.05) is 33.0 Å². The molecule has 0 aromatic carbocycles. The summed E-state index contributed by atoms with van der Waals surface area (Å²) in [6.45, 7) is 5.00. The second-order valence-corrected chi connectivity index (χ2v) is 18.5. The van der Waals surface area contributed by atoms with Crippen LogP contribution in [0.25, 0.3) is 0 Å². The largest absolute Gasteiger partial charge is 0.472 e. The van der Waals surface area contributed by atoms with Crippen molar-refractivity contribution >= 4 is 13.8 Å². The molecule has 0 aliphatic carbocycles. The molecule has 0 aliphatic rings. The lowest BCUT2D eigenvalue weighted by Crippen LogP contribution is -2.28. The van der Waals surface area contributed by atoms with Crippen LogP contribution in [0.1, 0.15) is 264 Å². The Kier molecular flexibility index (Phi) is 46.2. The van der Waals surface area contributed by atoms with Gasteiger partial charge in [0.15, 0.2) is 0 Å². The van der Waals surface area contributed by atoms with Crippen LogP contribution in [0.5, 0.6) is 0 Å². The van der Waals surface area contributed by atoms with E-state index in [-0.39, 0.29) is 32.3 Å². The van der Waals surface area contributed by atoms with E-state index in [0.29, 0.717) is 13.0 Å². The fourth-order valence-corrected chi connectivity index (χ4v) is 8.35. The van der Waals surface area contributed by atoms with E-state index in [0.717, 1.165) is 32.1 Å². The van der Waals surface area contributed by atoms with Crippen LogP contribution < -0.4 is 5.73 Å². The Balaban J connectivity index is 3.84.